The molecule has 224 valence electrons. The van der Waals surface area contributed by atoms with Crippen molar-refractivity contribution in [1.82, 2.24) is 5.32 Å². The van der Waals surface area contributed by atoms with Crippen LogP contribution < -0.4 is 15.8 Å². The van der Waals surface area contributed by atoms with Gasteiger partial charge < -0.3 is 25.1 Å². The number of aliphatic hydroxyl groups excluding tert-OH is 1. The lowest BCUT2D eigenvalue weighted by molar-refractivity contribution is -0.233. The average Bonchev–Trinajstić information content (AvgIpc) is 2.92. The van der Waals surface area contributed by atoms with Crippen molar-refractivity contribution in [2.45, 2.75) is 104 Å². The fourth-order valence-corrected chi connectivity index (χ4v) is 6.33. The summed E-state index contributed by atoms with van der Waals surface area (Å²) >= 11 is 0. The maximum Gasteiger partial charge on any atom is 0.338 e. The third-order valence-corrected chi connectivity index (χ3v) is 9.86. The van der Waals surface area contributed by atoms with Gasteiger partial charge in [0.25, 0.3) is 0 Å². The fraction of sp³-hybridized carbons (Fsp3) is 0.588. The SMILES string of the molecule is [CH2+]C(NCC)C1CC(C)C(C)(C)C(N)(CC(O)C(C)C2Cc3c(C)c(OCc4ccccc4)cc(C)c3C(=O)O2)O1. The molecule has 2 aromatic rings. The van der Waals surface area contributed by atoms with E-state index in [1.54, 1.807) is 0 Å². The molecule has 41 heavy (non-hydrogen) atoms. The smallest absolute Gasteiger partial charge is 0.338 e. The highest BCUT2D eigenvalue weighted by Gasteiger charge is 2.55. The van der Waals surface area contributed by atoms with Crippen LogP contribution in [-0.2, 0) is 22.5 Å². The lowest BCUT2D eigenvalue weighted by Gasteiger charge is -2.54. The Kier molecular flexibility index (Phi) is 9.44. The number of nitrogens with two attached hydrogens (primary N) is 1. The van der Waals surface area contributed by atoms with Gasteiger partial charge in [-0.05, 0) is 61.1 Å². The van der Waals surface area contributed by atoms with Crippen LogP contribution in [0.25, 0.3) is 0 Å². The van der Waals surface area contributed by atoms with Crippen molar-refractivity contribution in [2.75, 3.05) is 6.54 Å². The highest BCUT2D eigenvalue weighted by atomic mass is 16.5. The first kappa shape index (κ1) is 31.4. The number of likely N-dealkylation sites (N-methyl/N-ethyl adjacent to an activating group) is 1. The number of aryl methyl sites for hydroxylation is 1. The summed E-state index contributed by atoms with van der Waals surface area (Å²) < 4.78 is 18.7. The monoisotopic (exact) mass is 565 g/mol. The molecule has 7 heteroatoms. The fourth-order valence-electron chi connectivity index (χ4n) is 6.33. The largest absolute Gasteiger partial charge is 0.489 e. The summed E-state index contributed by atoms with van der Waals surface area (Å²) in [4.78, 5) is 13.3. The minimum absolute atomic E-state index is 0.101. The van der Waals surface area contributed by atoms with E-state index in [9.17, 15) is 9.90 Å². The molecule has 7 atom stereocenters. The van der Waals surface area contributed by atoms with Crippen molar-refractivity contribution in [2.24, 2.45) is 23.0 Å². The van der Waals surface area contributed by atoms with E-state index in [1.165, 1.54) is 0 Å². The molecule has 0 saturated carbocycles. The zero-order valence-corrected chi connectivity index (χ0v) is 25.8. The van der Waals surface area contributed by atoms with Crippen molar-refractivity contribution in [3.8, 4) is 5.75 Å². The van der Waals surface area contributed by atoms with Crippen molar-refractivity contribution < 1.29 is 24.1 Å². The van der Waals surface area contributed by atoms with Crippen molar-refractivity contribution in [3.63, 3.8) is 0 Å². The van der Waals surface area contributed by atoms with Gasteiger partial charge in [-0.1, -0.05) is 65.0 Å². The van der Waals surface area contributed by atoms with Gasteiger partial charge >= 0.3 is 5.97 Å². The topological polar surface area (TPSA) is 103 Å². The maximum absolute atomic E-state index is 13.3. The number of hydrogen-bond acceptors (Lipinski definition) is 7. The number of cyclic esters (lactones) is 1. The predicted molar refractivity (Wildman–Crippen MR) is 162 cm³/mol. The average molecular weight is 566 g/mol. The molecule has 2 aliphatic heterocycles. The van der Waals surface area contributed by atoms with Gasteiger partial charge in [0.2, 0.25) is 0 Å². The highest BCUT2D eigenvalue weighted by molar-refractivity contribution is 5.94. The van der Waals surface area contributed by atoms with E-state index >= 15 is 0 Å². The van der Waals surface area contributed by atoms with Crippen LogP contribution in [0, 0.1) is 38.0 Å². The first-order valence-electron chi connectivity index (χ1n) is 15.0. The van der Waals surface area contributed by atoms with Gasteiger partial charge in [-0.25, -0.2) is 4.79 Å². The molecule has 7 nitrogen and oxygen atoms in total. The third kappa shape index (κ3) is 6.29. The Hall–Kier alpha value is -2.58. The van der Waals surface area contributed by atoms with E-state index < -0.39 is 17.9 Å². The Labute approximate surface area is 246 Å². The summed E-state index contributed by atoms with van der Waals surface area (Å²) in [6.07, 6.45) is 0.0499. The minimum atomic E-state index is -1.07. The molecule has 0 aliphatic carbocycles. The molecule has 0 spiro atoms. The quantitative estimate of drug-likeness (QED) is 0.266. The molecule has 0 radical (unpaired) electrons. The second-order valence-electron chi connectivity index (χ2n) is 12.8. The summed E-state index contributed by atoms with van der Waals surface area (Å²) in [7, 11) is 0. The first-order chi connectivity index (χ1) is 19.3. The molecule has 1 fully saturated rings. The maximum atomic E-state index is 13.3. The van der Waals surface area contributed by atoms with Gasteiger partial charge in [0.15, 0.2) is 6.04 Å². The number of nitrogens with one attached hydrogen (secondary N) is 1. The van der Waals surface area contributed by atoms with Gasteiger partial charge in [-0.2, -0.15) is 0 Å². The second kappa shape index (κ2) is 12.3. The summed E-state index contributed by atoms with van der Waals surface area (Å²) in [5.41, 5.74) is 9.90. The Morgan fingerprint density at radius 2 is 1.90 bits per heavy atom. The molecule has 2 aliphatic rings. The number of benzene rings is 2. The summed E-state index contributed by atoms with van der Waals surface area (Å²) in [5, 5.41) is 14.9. The molecule has 2 aromatic carbocycles. The summed E-state index contributed by atoms with van der Waals surface area (Å²) in [6, 6.07) is 11.8. The lowest BCUT2D eigenvalue weighted by atomic mass is 9.64. The second-order valence-corrected chi connectivity index (χ2v) is 12.8. The molecule has 0 bridgehead atoms. The van der Waals surface area contributed by atoms with Gasteiger partial charge in [-0.15, -0.1) is 0 Å². The van der Waals surface area contributed by atoms with Crippen LogP contribution in [0.5, 0.6) is 5.75 Å². The Morgan fingerprint density at radius 1 is 1.22 bits per heavy atom. The number of aliphatic hydroxyl groups is 1. The predicted octanol–water partition coefficient (Wildman–Crippen LogP) is 5.27. The van der Waals surface area contributed by atoms with Gasteiger partial charge in [-0.3, -0.25) is 5.32 Å². The Morgan fingerprint density at radius 3 is 2.56 bits per heavy atom. The zero-order chi connectivity index (χ0) is 30.1. The van der Waals surface area contributed by atoms with Gasteiger partial charge in [0, 0.05) is 24.2 Å². The number of carbonyl (C=O) groups is 1. The molecule has 7 unspecified atom stereocenters. The molecule has 2 heterocycles. The molecule has 1 saturated heterocycles. The highest BCUT2D eigenvalue weighted by Crippen LogP contribution is 2.48. The first-order valence-corrected chi connectivity index (χ1v) is 15.0. The number of carbonyl (C=O) groups excluding carboxylic acids is 1. The summed E-state index contributed by atoms with van der Waals surface area (Å²) in [6.45, 7) is 19.8. The van der Waals surface area contributed by atoms with E-state index in [0.717, 1.165) is 41.0 Å². The van der Waals surface area contributed by atoms with Crippen LogP contribution in [-0.4, -0.2) is 47.7 Å². The molecule has 0 aromatic heterocycles. The van der Waals surface area contributed by atoms with E-state index in [0.29, 0.717) is 18.6 Å². The molecule has 0 amide bonds. The number of ether oxygens (including phenoxy) is 3. The molecule has 4 N–H and O–H groups in total. The normalized spacial score (nSPS) is 27.8. The number of fused-ring (bicyclic) bond motifs is 1. The van der Waals surface area contributed by atoms with Crippen LogP contribution in [0.15, 0.2) is 36.4 Å². The van der Waals surface area contributed by atoms with Crippen LogP contribution in [0.1, 0.15) is 80.1 Å². The number of esters is 1. The van der Waals surface area contributed by atoms with Crippen molar-refractivity contribution in [1.29, 1.82) is 0 Å². The van der Waals surface area contributed by atoms with Gasteiger partial charge in [0.1, 0.15) is 30.3 Å². The number of rotatable bonds is 10. The van der Waals surface area contributed by atoms with E-state index in [2.05, 4.69) is 33.0 Å². The third-order valence-electron chi connectivity index (χ3n) is 9.86. The molecular weight excluding hydrogens is 516 g/mol. The van der Waals surface area contributed by atoms with Crippen LogP contribution in [0.2, 0.25) is 0 Å². The standard InChI is InChI=1S/C34H49N2O5/c1-9-36-24(6)30-16-21(3)33(7,8)34(35,41-30)18-27(37)23(5)29-17-26-22(4)28(15-20(2)31(26)32(38)40-29)39-19-25-13-11-10-12-14-25/h10-15,21,23-24,27,29-30,36-37H,6,9,16-19,35H2,1-5,7-8H3/q+1. The molecule has 4 rings (SSSR count). The van der Waals surface area contributed by atoms with Crippen molar-refractivity contribution in [3.05, 3.63) is 71.1 Å². The van der Waals surface area contributed by atoms with Crippen LogP contribution in [0.3, 0.4) is 0 Å². The van der Waals surface area contributed by atoms with E-state index in [4.69, 9.17) is 19.9 Å². The van der Waals surface area contributed by atoms with Crippen molar-refractivity contribution >= 4 is 5.97 Å². The Balaban J connectivity index is 1.52. The minimum Gasteiger partial charge on any atom is -0.489 e. The zero-order valence-electron chi connectivity index (χ0n) is 25.8. The summed E-state index contributed by atoms with van der Waals surface area (Å²) in [5.74, 6) is 0.298. The van der Waals surface area contributed by atoms with Crippen LogP contribution in [0.4, 0.5) is 0 Å². The Bertz CT molecular complexity index is 1220. The van der Waals surface area contributed by atoms with E-state index in [-0.39, 0.29) is 41.8 Å². The number of hydrogen-bond donors (Lipinski definition) is 3. The van der Waals surface area contributed by atoms with Crippen LogP contribution >= 0.6 is 0 Å². The lowest BCUT2D eigenvalue weighted by Crippen LogP contribution is -2.66. The van der Waals surface area contributed by atoms with E-state index in [1.807, 2.05) is 64.1 Å². The molecular formula is C34H49N2O5+. The van der Waals surface area contributed by atoms with Gasteiger partial charge in [0.05, 0.1) is 18.6 Å².